The maximum atomic E-state index is 15.0. The minimum absolute atomic E-state index is 0.00963. The number of thioether (sulfide) groups is 1. The van der Waals surface area contributed by atoms with E-state index in [4.69, 9.17) is 4.74 Å². The van der Waals surface area contributed by atoms with Crippen LogP contribution in [0.5, 0.6) is 0 Å². The number of rotatable bonds is 35. The number of aliphatic hydroxyl groups excluding tert-OH is 1. The Balaban J connectivity index is 0.982. The normalized spacial score (nSPS) is 17.2. The maximum Gasteiger partial charge on any atom is 0.407 e. The molecule has 0 radical (unpaired) electrons. The second-order valence-electron chi connectivity index (χ2n) is 24.4. The number of aliphatic hydroxyl groups is 1. The van der Waals surface area contributed by atoms with Crippen molar-refractivity contribution in [1.29, 1.82) is 0 Å². The fourth-order valence-corrected chi connectivity index (χ4v) is 14.2. The molecule has 90 heavy (non-hydrogen) atoms. The number of amides is 8. The highest BCUT2D eigenvalue weighted by Crippen LogP contribution is 2.33. The summed E-state index contributed by atoms with van der Waals surface area (Å²) >= 11 is 1.87. The van der Waals surface area contributed by atoms with Crippen LogP contribution in [0.4, 0.5) is 9.59 Å². The van der Waals surface area contributed by atoms with Crippen LogP contribution in [-0.2, 0) is 54.4 Å². The van der Waals surface area contributed by atoms with E-state index < -0.39 is 71.5 Å². The van der Waals surface area contributed by atoms with Crippen LogP contribution in [0.25, 0.3) is 0 Å². The van der Waals surface area contributed by atoms with E-state index in [1.807, 2.05) is 123 Å². The van der Waals surface area contributed by atoms with Crippen molar-refractivity contribution >= 4 is 80.8 Å². The summed E-state index contributed by atoms with van der Waals surface area (Å²) in [6.45, 7) is 9.85. The van der Waals surface area contributed by atoms with Crippen molar-refractivity contribution in [2.24, 2.45) is 11.8 Å². The van der Waals surface area contributed by atoms with Gasteiger partial charge in [0.05, 0.1) is 24.2 Å². The first-order valence-corrected chi connectivity index (χ1v) is 34.7. The van der Waals surface area contributed by atoms with Gasteiger partial charge in [0, 0.05) is 71.9 Å². The number of ketones is 1. The summed E-state index contributed by atoms with van der Waals surface area (Å²) in [4.78, 5) is 109. The van der Waals surface area contributed by atoms with Gasteiger partial charge in [0.1, 0.15) is 23.7 Å². The molecule has 2 aliphatic rings. The number of ether oxygens (including phenoxy) is 1. The largest absolute Gasteiger partial charge is 0.444 e. The van der Waals surface area contributed by atoms with E-state index in [-0.39, 0.29) is 74.2 Å². The summed E-state index contributed by atoms with van der Waals surface area (Å²) in [6.07, 6.45) is 1.55. The van der Waals surface area contributed by atoms with Gasteiger partial charge in [-0.15, -0.1) is 0 Å². The highest BCUT2D eigenvalue weighted by Gasteiger charge is 2.43. The minimum atomic E-state index is -1.33. The van der Waals surface area contributed by atoms with Gasteiger partial charge in [-0.05, 0) is 87.5 Å². The Morgan fingerprint density at radius 3 is 1.69 bits per heavy atom. The maximum absolute atomic E-state index is 15.0. The molecule has 9 N–H and O–H groups in total. The van der Waals surface area contributed by atoms with E-state index in [9.17, 15) is 43.5 Å². The summed E-state index contributed by atoms with van der Waals surface area (Å²) in [5.74, 6) is -1.16. The summed E-state index contributed by atoms with van der Waals surface area (Å²) in [5.41, 5.74) is 3.18. The molecule has 2 fully saturated rings. The second-order valence-corrected chi connectivity index (χ2v) is 28.4. The van der Waals surface area contributed by atoms with E-state index in [2.05, 4.69) is 42.5 Å². The Bertz CT molecular complexity index is 3110. The van der Waals surface area contributed by atoms with Crippen molar-refractivity contribution < 1.29 is 48.2 Å². The third-order valence-electron chi connectivity index (χ3n) is 15.4. The van der Waals surface area contributed by atoms with Crippen LogP contribution in [0.3, 0.4) is 0 Å². The molecule has 2 heterocycles. The molecule has 2 aliphatic heterocycles. The fourth-order valence-electron chi connectivity index (χ4n) is 10.9. The van der Waals surface area contributed by atoms with Crippen LogP contribution < -0.4 is 42.5 Å². The first kappa shape index (κ1) is 70.1. The number of carbonyl (C=O) groups excluding carboxylic acids is 8. The summed E-state index contributed by atoms with van der Waals surface area (Å²) in [5, 5.41) is 36.3. The molecule has 5 aromatic rings. The highest BCUT2D eigenvalue weighted by molar-refractivity contribution is 8.76. The predicted octanol–water partition coefficient (Wildman–Crippen LogP) is 8.29. The molecular weight excluding hydrogens is 1200 g/mol. The van der Waals surface area contributed by atoms with Gasteiger partial charge in [-0.25, -0.2) is 9.59 Å². The molecule has 0 aliphatic carbocycles. The predicted molar refractivity (Wildman–Crippen MR) is 358 cm³/mol. The van der Waals surface area contributed by atoms with Gasteiger partial charge >= 0.3 is 12.1 Å². The number of benzene rings is 5. The summed E-state index contributed by atoms with van der Waals surface area (Å²) in [7, 11) is 3.15. The van der Waals surface area contributed by atoms with Crippen molar-refractivity contribution in [1.82, 2.24) is 42.5 Å². The van der Waals surface area contributed by atoms with Crippen LogP contribution >= 0.6 is 33.3 Å². The number of unbranched alkanes of at least 4 members (excludes halogenated alkanes) is 1. The van der Waals surface area contributed by atoms with Crippen molar-refractivity contribution in [3.63, 3.8) is 0 Å². The molecule has 9 atom stereocenters. The molecule has 2 saturated heterocycles. The van der Waals surface area contributed by atoms with E-state index in [0.717, 1.165) is 41.7 Å². The number of hydrogen-bond donors (Lipinski definition) is 9. The molecule has 21 heteroatoms. The van der Waals surface area contributed by atoms with Crippen LogP contribution in [0, 0.1) is 11.8 Å². The van der Waals surface area contributed by atoms with E-state index in [0.29, 0.717) is 53.0 Å². The number of alkyl carbamates (subject to hydrolysis) is 1. The smallest absolute Gasteiger partial charge is 0.407 e. The monoisotopic (exact) mass is 1280 g/mol. The third-order valence-corrected chi connectivity index (χ3v) is 19.3. The molecular formula is C69H88N8O10S3. The Kier molecular flexibility index (Phi) is 28.0. The zero-order valence-corrected chi connectivity index (χ0v) is 54.5. The molecule has 18 nitrogen and oxygen atoms in total. The van der Waals surface area contributed by atoms with Gasteiger partial charge in [0.2, 0.25) is 29.5 Å². The lowest BCUT2D eigenvalue weighted by molar-refractivity contribution is -0.135. The summed E-state index contributed by atoms with van der Waals surface area (Å²) < 4.78 is 5.64. The second kappa shape index (κ2) is 35.9. The molecule has 8 amide bonds. The average Bonchev–Trinajstić information content (AvgIpc) is 2.32. The number of nitrogens with one attached hydrogen (secondary N) is 8. The van der Waals surface area contributed by atoms with Gasteiger partial charge in [-0.3, -0.25) is 28.8 Å². The lowest BCUT2D eigenvalue weighted by Gasteiger charge is -2.30. The SMILES string of the molecule is CC(C)C[C@H](NC(=O)[C@H](Cc1ccccc1)NC(=O)[C@H](Cc1ccccc1)C[C@@H](O)[C@H](Cc1ccc(C(=O)c2ccccc2)cc1)NC(=O)OC(C)(C)C)C(=O)N[C@@H](Cc1ccccc1)C(=O)NCCSSCCNC(=O)CCCC[C@@H]1SC[C@@H]2NC(=O)N[C@@H]21. The van der Waals surface area contributed by atoms with Crippen LogP contribution in [-0.4, -0.2) is 136 Å². The quantitative estimate of drug-likeness (QED) is 0.00802. The Morgan fingerprint density at radius 1 is 0.589 bits per heavy atom. The standard InChI is InChI=1S/C69H88N8O10S3/c1-45(2)38-54(65(83)74-55(41-47-22-12-7-13-23-47)64(82)71-35-37-90-89-36-34-70-60(79)29-19-18-28-59-61-57(44-88-59)75-67(85)77-61)73-66(84)56(42-48-24-14-8-15-25-48)72-63(81)52(39-46-20-10-6-11-21-46)43-58(78)53(76-68(86)87-69(3,4)5)40-49-30-32-51(33-31-49)62(80)50-26-16-9-17-27-50/h6-17,20-27,30-33,45,52-59,61,78H,18-19,28-29,34-44H2,1-5H3,(H,70,79)(H,71,82)(H,72,81)(H,73,84)(H,74,83)(H,76,86)(H2,75,77,85)/t52-,53+,54+,55+,56+,57+,58-,59+,61+/m1/s1. The van der Waals surface area contributed by atoms with Crippen molar-refractivity contribution in [2.75, 3.05) is 30.3 Å². The van der Waals surface area contributed by atoms with E-state index in [1.54, 1.807) is 90.9 Å². The van der Waals surface area contributed by atoms with Crippen molar-refractivity contribution in [3.05, 3.63) is 179 Å². The minimum Gasteiger partial charge on any atom is -0.444 e. The molecule has 0 unspecified atom stereocenters. The van der Waals surface area contributed by atoms with Gasteiger partial charge < -0.3 is 52.4 Å². The zero-order chi connectivity index (χ0) is 64.4. The molecule has 7 rings (SSSR count). The Labute approximate surface area is 541 Å². The Hall–Kier alpha value is -7.33. The molecule has 0 bridgehead atoms. The number of fused-ring (bicyclic) bond motifs is 1. The molecule has 482 valence electrons. The number of hydrogen-bond acceptors (Lipinski definition) is 13. The average molecular weight is 1290 g/mol. The van der Waals surface area contributed by atoms with Gasteiger partial charge in [0.15, 0.2) is 5.78 Å². The lowest BCUT2D eigenvalue weighted by Crippen LogP contribution is -2.58. The third kappa shape index (κ3) is 23.8. The van der Waals surface area contributed by atoms with Gasteiger partial charge in [0.25, 0.3) is 0 Å². The first-order chi connectivity index (χ1) is 43.3. The topological polar surface area (TPSA) is 262 Å². The zero-order valence-electron chi connectivity index (χ0n) is 52.1. The number of carbonyl (C=O) groups is 8. The fraction of sp³-hybridized carbons (Fsp3) is 0.449. The molecule has 0 saturated carbocycles. The van der Waals surface area contributed by atoms with E-state index >= 15 is 0 Å². The first-order valence-electron chi connectivity index (χ1n) is 31.1. The van der Waals surface area contributed by atoms with Crippen LogP contribution in [0.2, 0.25) is 0 Å². The van der Waals surface area contributed by atoms with E-state index in [1.165, 1.54) is 0 Å². The van der Waals surface area contributed by atoms with Crippen LogP contribution in [0.1, 0.15) is 111 Å². The Morgan fingerprint density at radius 2 is 1.10 bits per heavy atom. The molecule has 0 aromatic heterocycles. The molecule has 0 spiro atoms. The van der Waals surface area contributed by atoms with Crippen LogP contribution in [0.15, 0.2) is 146 Å². The highest BCUT2D eigenvalue weighted by atomic mass is 33.1. The lowest BCUT2D eigenvalue weighted by atomic mass is 9.88. The molecule has 5 aromatic carbocycles. The summed E-state index contributed by atoms with van der Waals surface area (Å²) in [6, 6.07) is 39.6. The van der Waals surface area contributed by atoms with Crippen molar-refractivity contribution in [3.8, 4) is 0 Å². The van der Waals surface area contributed by atoms with Gasteiger partial charge in [-0.2, -0.15) is 11.8 Å². The van der Waals surface area contributed by atoms with Crippen molar-refractivity contribution in [2.45, 2.75) is 152 Å². The van der Waals surface area contributed by atoms with Gasteiger partial charge in [-0.1, -0.05) is 187 Å². The number of urea groups is 1.